The second kappa shape index (κ2) is 15.0. The molecule has 0 amide bonds. The highest BCUT2D eigenvalue weighted by Crippen LogP contribution is 2.45. The molecule has 62 heavy (non-hydrogen) atoms. The van der Waals surface area contributed by atoms with E-state index in [9.17, 15) is 55.3 Å². The van der Waals surface area contributed by atoms with Crippen molar-refractivity contribution in [2.24, 2.45) is 7.05 Å². The molecule has 5 aromatic carbocycles. The molecule has 8 rings (SSSR count). The Balaban J connectivity index is 1.28. The topological polar surface area (TPSA) is 297 Å². The predicted octanol–water partition coefficient (Wildman–Crippen LogP) is 5.60. The van der Waals surface area contributed by atoms with E-state index in [2.05, 4.69) is 30.9 Å². The van der Waals surface area contributed by atoms with Gasteiger partial charge in [-0.15, -0.1) is 0 Å². The number of fused-ring (bicyclic) bond motifs is 2. The number of nitrogens with zero attached hydrogens (tertiary/aromatic N) is 4. The van der Waals surface area contributed by atoms with E-state index in [1.165, 1.54) is 74.6 Å². The SMILES string of the molecule is Cc1cc(S(=O)(=O)O)c(Nc2ccc3c4c2C(=O)c2ccccc2-c4c(C(=O)c2cccc(S(=O)(=O)O)c2)c(=O)n3C)cc1Nc1nc(O)nc(Nc2ccccc2C(=O)O)n1. The van der Waals surface area contributed by atoms with Crippen LogP contribution >= 0.6 is 0 Å². The Labute approximate surface area is 349 Å². The molecule has 2 heterocycles. The smallest absolute Gasteiger partial charge is 0.337 e. The first-order chi connectivity index (χ1) is 29.3. The van der Waals surface area contributed by atoms with Crippen molar-refractivity contribution in [2.45, 2.75) is 16.7 Å². The van der Waals surface area contributed by atoms with Crippen LogP contribution in [-0.2, 0) is 27.3 Å². The van der Waals surface area contributed by atoms with Crippen LogP contribution in [0.5, 0.6) is 6.01 Å². The summed E-state index contributed by atoms with van der Waals surface area (Å²) in [7, 11) is -8.36. The minimum absolute atomic E-state index is 0.0234. The van der Waals surface area contributed by atoms with Crippen LogP contribution in [0, 0.1) is 6.92 Å². The number of carbonyl (C=O) groups excluding carboxylic acids is 2. The van der Waals surface area contributed by atoms with Crippen molar-refractivity contribution in [3.05, 3.63) is 141 Å². The van der Waals surface area contributed by atoms with Gasteiger partial charge in [-0.05, 0) is 66.6 Å². The summed E-state index contributed by atoms with van der Waals surface area (Å²) < 4.78 is 70.9. The minimum Gasteiger partial charge on any atom is -0.479 e. The maximum absolute atomic E-state index is 14.5. The maximum Gasteiger partial charge on any atom is 0.337 e. The lowest BCUT2D eigenvalue weighted by atomic mass is 9.80. The molecular weight excluding hydrogens is 847 g/mol. The summed E-state index contributed by atoms with van der Waals surface area (Å²) in [5.74, 6) is -3.29. The summed E-state index contributed by atoms with van der Waals surface area (Å²) in [6, 6.07) is 21.0. The lowest BCUT2D eigenvalue weighted by Crippen LogP contribution is -2.29. The number of hydrogen-bond donors (Lipinski definition) is 7. The highest BCUT2D eigenvalue weighted by atomic mass is 32.2. The lowest BCUT2D eigenvalue weighted by Gasteiger charge is -2.26. The number of ketones is 2. The average Bonchev–Trinajstić information content (AvgIpc) is 3.21. The molecule has 7 aromatic rings. The Kier molecular flexibility index (Phi) is 9.90. The van der Waals surface area contributed by atoms with Gasteiger partial charge in [0.25, 0.3) is 25.8 Å². The molecule has 0 spiro atoms. The van der Waals surface area contributed by atoms with Gasteiger partial charge in [0.05, 0.1) is 44.2 Å². The van der Waals surface area contributed by atoms with Crippen molar-refractivity contribution in [3.63, 3.8) is 0 Å². The Morgan fingerprint density at radius 1 is 0.677 bits per heavy atom. The van der Waals surface area contributed by atoms with E-state index in [4.69, 9.17) is 0 Å². The van der Waals surface area contributed by atoms with Gasteiger partial charge in [-0.25, -0.2) is 4.79 Å². The fraction of sp³-hybridized carbons (Fsp3) is 0.0488. The molecule has 0 radical (unpaired) electrons. The number of pyridine rings is 1. The van der Waals surface area contributed by atoms with Gasteiger partial charge in [0.2, 0.25) is 11.9 Å². The molecule has 0 atom stereocenters. The zero-order chi connectivity index (χ0) is 44.4. The number of carbonyl (C=O) groups is 3. The first kappa shape index (κ1) is 40.9. The highest BCUT2D eigenvalue weighted by Gasteiger charge is 2.35. The molecule has 0 saturated heterocycles. The molecule has 312 valence electrons. The predicted molar refractivity (Wildman–Crippen MR) is 223 cm³/mol. The average molecular weight is 876 g/mol. The Hall–Kier alpha value is -7.85. The Morgan fingerprint density at radius 3 is 2.02 bits per heavy atom. The molecule has 0 fully saturated rings. The monoisotopic (exact) mass is 875 g/mol. The number of aryl methyl sites for hydroxylation is 2. The number of carboxylic acids is 1. The normalized spacial score (nSPS) is 12.2. The van der Waals surface area contributed by atoms with Crippen LogP contribution < -0.4 is 21.5 Å². The summed E-state index contributed by atoms with van der Waals surface area (Å²) in [6.07, 6.45) is 0. The van der Waals surface area contributed by atoms with Gasteiger partial charge in [-0.3, -0.25) is 23.5 Å². The number of aromatic nitrogens is 4. The first-order valence-corrected chi connectivity index (χ1v) is 20.9. The van der Waals surface area contributed by atoms with Crippen LogP contribution in [0.1, 0.15) is 47.8 Å². The fourth-order valence-corrected chi connectivity index (χ4v) is 8.44. The van der Waals surface area contributed by atoms with E-state index in [1.54, 1.807) is 18.2 Å². The van der Waals surface area contributed by atoms with E-state index in [0.29, 0.717) is 0 Å². The number of benzene rings is 5. The number of hydrogen-bond acceptors (Lipinski definition) is 15. The van der Waals surface area contributed by atoms with Crippen LogP contribution in [0.15, 0.2) is 112 Å². The van der Waals surface area contributed by atoms with E-state index in [1.807, 2.05) is 0 Å². The van der Waals surface area contributed by atoms with Gasteiger partial charge in [0, 0.05) is 34.8 Å². The molecule has 7 N–H and O–H groups in total. The molecule has 0 saturated carbocycles. The van der Waals surface area contributed by atoms with E-state index < -0.39 is 64.7 Å². The van der Waals surface area contributed by atoms with Crippen molar-refractivity contribution < 1.29 is 50.5 Å². The molecule has 0 bridgehead atoms. The summed E-state index contributed by atoms with van der Waals surface area (Å²) in [5, 5.41) is 28.6. The van der Waals surface area contributed by atoms with Crippen molar-refractivity contribution in [1.29, 1.82) is 0 Å². The first-order valence-electron chi connectivity index (χ1n) is 18.0. The molecular formula is C41H29N7O12S2. The number of nitrogens with one attached hydrogen (secondary N) is 3. The van der Waals surface area contributed by atoms with Crippen LogP contribution in [0.2, 0.25) is 0 Å². The highest BCUT2D eigenvalue weighted by molar-refractivity contribution is 7.86. The number of para-hydroxylation sites is 1. The zero-order valence-corrected chi connectivity index (χ0v) is 33.5. The van der Waals surface area contributed by atoms with Crippen molar-refractivity contribution in [1.82, 2.24) is 19.5 Å². The molecule has 19 nitrogen and oxygen atoms in total. The second-order valence-electron chi connectivity index (χ2n) is 13.8. The van der Waals surface area contributed by atoms with Gasteiger partial charge >= 0.3 is 12.0 Å². The third kappa shape index (κ3) is 7.25. The summed E-state index contributed by atoms with van der Waals surface area (Å²) in [6.45, 7) is 1.49. The number of anilines is 6. The van der Waals surface area contributed by atoms with Crippen LogP contribution in [0.4, 0.5) is 34.6 Å². The number of rotatable bonds is 11. The largest absolute Gasteiger partial charge is 0.479 e. The van der Waals surface area contributed by atoms with Crippen molar-refractivity contribution in [3.8, 4) is 17.1 Å². The van der Waals surface area contributed by atoms with Gasteiger partial charge in [0.1, 0.15) is 4.90 Å². The van der Waals surface area contributed by atoms with Gasteiger partial charge < -0.3 is 30.7 Å². The minimum atomic E-state index is -4.98. The molecule has 0 aliphatic heterocycles. The van der Waals surface area contributed by atoms with Crippen molar-refractivity contribution in [2.75, 3.05) is 16.0 Å². The molecule has 1 aliphatic rings. The third-order valence-corrected chi connectivity index (χ3v) is 11.7. The quantitative estimate of drug-likeness (QED) is 0.0614. The lowest BCUT2D eigenvalue weighted by molar-refractivity contribution is 0.0697. The summed E-state index contributed by atoms with van der Waals surface area (Å²) >= 11 is 0. The Morgan fingerprint density at radius 2 is 1.34 bits per heavy atom. The standard InChI is InChI=1S/C41H29N7O12S2/c1-19-16-30(62(58,59)60)28(18-27(19)44-40-45-39(46-41(54)47-40)43-25-13-6-5-12-24(25)38(52)53)42-26-14-15-29-33-31(22-10-3-4-11-23(22)36(50)32(26)33)34(37(51)48(29)2)35(49)20-8-7-9-21(17-20)61(55,56)57/h3-18,42H,1-2H3,(H,52,53)(H,55,56,57)(H,58,59,60)(H3,43,44,45,46,47,54). The van der Waals surface area contributed by atoms with Crippen LogP contribution in [0.25, 0.3) is 22.0 Å². The summed E-state index contributed by atoms with van der Waals surface area (Å²) in [4.78, 5) is 65.4. The molecule has 21 heteroatoms. The molecule has 0 unspecified atom stereocenters. The fourth-order valence-electron chi connectivity index (χ4n) is 7.20. The Bertz CT molecular complexity index is 3430. The van der Waals surface area contributed by atoms with Crippen LogP contribution in [0.3, 0.4) is 0 Å². The second-order valence-corrected chi connectivity index (χ2v) is 16.7. The van der Waals surface area contributed by atoms with E-state index in [-0.39, 0.29) is 84.5 Å². The number of carboxylic acid groups (broad SMARTS) is 1. The third-order valence-electron chi connectivity index (χ3n) is 10.0. The van der Waals surface area contributed by atoms with Gasteiger partial charge in [-0.1, -0.05) is 48.5 Å². The molecule has 1 aliphatic carbocycles. The maximum atomic E-state index is 14.5. The van der Waals surface area contributed by atoms with Crippen LogP contribution in [-0.4, -0.2) is 73.2 Å². The van der Waals surface area contributed by atoms with E-state index >= 15 is 0 Å². The number of aromatic hydroxyl groups is 1. The van der Waals surface area contributed by atoms with Gasteiger partial charge in [-0.2, -0.15) is 31.8 Å². The number of aromatic carboxylic acids is 1. The van der Waals surface area contributed by atoms with Crippen molar-refractivity contribution >= 4 is 83.3 Å². The summed E-state index contributed by atoms with van der Waals surface area (Å²) in [5.41, 5.74) is -1.04. The van der Waals surface area contributed by atoms with Gasteiger partial charge in [0.15, 0.2) is 11.6 Å². The zero-order valence-electron chi connectivity index (χ0n) is 31.9. The van der Waals surface area contributed by atoms with E-state index in [0.717, 1.165) is 22.8 Å². The molecule has 2 aromatic heterocycles.